The van der Waals surface area contributed by atoms with Gasteiger partial charge >= 0.3 is 5.97 Å². The van der Waals surface area contributed by atoms with Crippen molar-refractivity contribution in [2.75, 3.05) is 0 Å². The second kappa shape index (κ2) is 4.80. The third-order valence-corrected chi connectivity index (χ3v) is 2.18. The van der Waals surface area contributed by atoms with Crippen LogP contribution in [0.3, 0.4) is 0 Å². The van der Waals surface area contributed by atoms with Gasteiger partial charge in [0.2, 0.25) is 0 Å². The number of carbonyl (C=O) groups is 1. The van der Waals surface area contributed by atoms with Crippen LogP contribution in [0, 0.1) is 0 Å². The third kappa shape index (κ3) is 2.92. The van der Waals surface area contributed by atoms with E-state index in [2.05, 4.69) is 10.2 Å². The van der Waals surface area contributed by atoms with E-state index in [9.17, 15) is 4.79 Å². The minimum atomic E-state index is -1.03. The highest BCUT2D eigenvalue weighted by molar-refractivity contribution is 6.30. The van der Waals surface area contributed by atoms with Gasteiger partial charge < -0.3 is 5.11 Å². The van der Waals surface area contributed by atoms with Crippen molar-refractivity contribution in [2.24, 2.45) is 0 Å². The summed E-state index contributed by atoms with van der Waals surface area (Å²) in [4.78, 5) is 11.7. The molecule has 86 valence electrons. The summed E-state index contributed by atoms with van der Waals surface area (Å²) < 4.78 is 0. The first-order valence-corrected chi connectivity index (χ1v) is 5.12. The average molecular weight is 250 g/mol. The Hall–Kier alpha value is -2.14. The molecule has 0 radical (unpaired) electrons. The maximum Gasteiger partial charge on any atom is 0.328 e. The zero-order valence-corrected chi connectivity index (χ0v) is 9.37. The molecule has 0 aliphatic heterocycles. The van der Waals surface area contributed by atoms with Crippen molar-refractivity contribution in [3.05, 3.63) is 47.3 Å². The summed E-state index contributed by atoms with van der Waals surface area (Å²) >= 11 is 5.84. The number of nitrogens with zero attached hydrogens (tertiary/aromatic N) is 3. The maximum absolute atomic E-state index is 10.3. The number of aliphatic carboxylic acids is 1. The largest absolute Gasteiger partial charge is 0.478 e. The van der Waals surface area contributed by atoms with Crippen LogP contribution in [0.1, 0.15) is 5.69 Å². The number of carboxylic acids is 1. The lowest BCUT2D eigenvalue weighted by Gasteiger charge is -1.98. The number of benzene rings is 1. The lowest BCUT2D eigenvalue weighted by atomic mass is 10.3. The van der Waals surface area contributed by atoms with E-state index in [1.54, 1.807) is 24.3 Å². The summed E-state index contributed by atoms with van der Waals surface area (Å²) in [5, 5.41) is 17.2. The van der Waals surface area contributed by atoms with Gasteiger partial charge in [-0.2, -0.15) is 9.90 Å². The molecule has 1 aromatic carbocycles. The lowest BCUT2D eigenvalue weighted by Crippen LogP contribution is -1.98. The summed E-state index contributed by atoms with van der Waals surface area (Å²) in [5.41, 5.74) is 1.18. The van der Waals surface area contributed by atoms with Gasteiger partial charge in [-0.1, -0.05) is 17.7 Å². The first kappa shape index (κ1) is 11.3. The third-order valence-electron chi connectivity index (χ3n) is 1.95. The predicted octanol–water partition coefficient (Wildman–Crippen LogP) is 2.02. The van der Waals surface area contributed by atoms with Gasteiger partial charge in [-0.3, -0.25) is 0 Å². The van der Waals surface area contributed by atoms with Crippen LogP contribution >= 0.6 is 11.6 Å². The second-order valence-corrected chi connectivity index (χ2v) is 3.65. The highest BCUT2D eigenvalue weighted by Gasteiger charge is 2.01. The first-order chi connectivity index (χ1) is 8.15. The number of carboxylic acid groups (broad SMARTS) is 1. The molecule has 5 nitrogen and oxygen atoms in total. The summed E-state index contributed by atoms with van der Waals surface area (Å²) in [6.45, 7) is 0. The average Bonchev–Trinajstić information content (AvgIpc) is 2.75. The number of hydrogen-bond acceptors (Lipinski definition) is 3. The molecule has 0 aliphatic rings. The normalized spacial score (nSPS) is 10.9. The van der Waals surface area contributed by atoms with E-state index >= 15 is 0 Å². The molecule has 2 aromatic rings. The molecular weight excluding hydrogens is 242 g/mol. The van der Waals surface area contributed by atoms with E-state index in [0.29, 0.717) is 16.4 Å². The van der Waals surface area contributed by atoms with E-state index in [0.717, 1.165) is 6.08 Å². The Kier molecular flexibility index (Phi) is 3.20. The SMILES string of the molecule is O=C(O)/C=C/c1cnn(-c2cccc(Cl)c2)n1. The van der Waals surface area contributed by atoms with E-state index in [4.69, 9.17) is 16.7 Å². The smallest absolute Gasteiger partial charge is 0.328 e. The molecule has 0 atom stereocenters. The summed E-state index contributed by atoms with van der Waals surface area (Å²) in [5.74, 6) is -1.03. The molecule has 0 unspecified atom stereocenters. The van der Waals surface area contributed by atoms with Crippen molar-refractivity contribution in [1.82, 2.24) is 15.0 Å². The molecule has 0 amide bonds. The minimum absolute atomic E-state index is 0.465. The van der Waals surface area contributed by atoms with Gasteiger partial charge in [0.15, 0.2) is 0 Å². The molecule has 6 heteroatoms. The van der Waals surface area contributed by atoms with Crippen molar-refractivity contribution >= 4 is 23.6 Å². The quantitative estimate of drug-likeness (QED) is 0.845. The van der Waals surface area contributed by atoms with E-state index < -0.39 is 5.97 Å². The molecule has 1 N–H and O–H groups in total. The lowest BCUT2D eigenvalue weighted by molar-refractivity contribution is -0.131. The fourth-order valence-electron chi connectivity index (χ4n) is 1.23. The van der Waals surface area contributed by atoms with E-state index in [-0.39, 0.29) is 0 Å². The van der Waals surface area contributed by atoms with Crippen LogP contribution in [-0.2, 0) is 4.79 Å². The number of aromatic nitrogens is 3. The van der Waals surface area contributed by atoms with Crippen molar-refractivity contribution in [3.63, 3.8) is 0 Å². The monoisotopic (exact) mass is 249 g/mol. The summed E-state index contributed by atoms with van der Waals surface area (Å²) in [7, 11) is 0. The fraction of sp³-hybridized carbons (Fsp3) is 0. The summed E-state index contributed by atoms with van der Waals surface area (Å²) in [6, 6.07) is 7.05. The van der Waals surface area contributed by atoms with Gasteiger partial charge in [0, 0.05) is 11.1 Å². The Morgan fingerprint density at radius 3 is 3.00 bits per heavy atom. The number of hydrogen-bond donors (Lipinski definition) is 1. The predicted molar refractivity (Wildman–Crippen MR) is 63.0 cm³/mol. The fourth-order valence-corrected chi connectivity index (χ4v) is 1.42. The molecule has 0 saturated carbocycles. The number of rotatable bonds is 3. The van der Waals surface area contributed by atoms with Crippen molar-refractivity contribution in [1.29, 1.82) is 0 Å². The molecule has 0 aliphatic carbocycles. The van der Waals surface area contributed by atoms with Gasteiger partial charge in [0.1, 0.15) is 5.69 Å². The topological polar surface area (TPSA) is 68.0 Å². The molecule has 0 fully saturated rings. The van der Waals surface area contributed by atoms with E-state index in [1.165, 1.54) is 17.1 Å². The first-order valence-electron chi connectivity index (χ1n) is 4.74. The van der Waals surface area contributed by atoms with Crippen molar-refractivity contribution in [2.45, 2.75) is 0 Å². The Labute approximate surface area is 102 Å². The molecule has 0 saturated heterocycles. The molecule has 1 aromatic heterocycles. The Morgan fingerprint density at radius 2 is 2.29 bits per heavy atom. The van der Waals surface area contributed by atoms with Gasteiger partial charge in [0.25, 0.3) is 0 Å². The van der Waals surface area contributed by atoms with Crippen LogP contribution in [-0.4, -0.2) is 26.1 Å². The van der Waals surface area contributed by atoms with Crippen LogP contribution in [0.2, 0.25) is 5.02 Å². The van der Waals surface area contributed by atoms with Crippen LogP contribution in [0.4, 0.5) is 0 Å². The number of halogens is 1. The highest BCUT2D eigenvalue weighted by atomic mass is 35.5. The van der Waals surface area contributed by atoms with Crippen LogP contribution in [0.25, 0.3) is 11.8 Å². The van der Waals surface area contributed by atoms with Crippen LogP contribution in [0.5, 0.6) is 0 Å². The van der Waals surface area contributed by atoms with Crippen molar-refractivity contribution < 1.29 is 9.90 Å². The molecular formula is C11H8ClN3O2. The maximum atomic E-state index is 10.3. The molecule has 1 heterocycles. The van der Waals surface area contributed by atoms with Gasteiger partial charge in [0.05, 0.1) is 11.9 Å². The van der Waals surface area contributed by atoms with Crippen LogP contribution in [0.15, 0.2) is 36.5 Å². The van der Waals surface area contributed by atoms with Gasteiger partial charge in [-0.15, -0.1) is 5.10 Å². The molecule has 2 rings (SSSR count). The van der Waals surface area contributed by atoms with E-state index in [1.807, 2.05) is 0 Å². The zero-order chi connectivity index (χ0) is 12.3. The second-order valence-electron chi connectivity index (χ2n) is 3.21. The minimum Gasteiger partial charge on any atom is -0.478 e. The summed E-state index contributed by atoms with van der Waals surface area (Å²) in [6.07, 6.45) is 3.85. The standard InChI is InChI=1S/C11H8ClN3O2/c12-8-2-1-3-10(6-8)15-13-7-9(14-15)4-5-11(16)17/h1-7H,(H,16,17)/b5-4+. The molecule has 0 bridgehead atoms. The molecule has 0 spiro atoms. The van der Waals surface area contributed by atoms with Gasteiger partial charge in [-0.05, 0) is 24.3 Å². The Balaban J connectivity index is 2.27. The van der Waals surface area contributed by atoms with Crippen molar-refractivity contribution in [3.8, 4) is 5.69 Å². The molecule has 17 heavy (non-hydrogen) atoms. The van der Waals surface area contributed by atoms with Crippen LogP contribution < -0.4 is 0 Å². The van der Waals surface area contributed by atoms with Gasteiger partial charge in [-0.25, -0.2) is 4.79 Å². The Morgan fingerprint density at radius 1 is 1.47 bits per heavy atom. The zero-order valence-electron chi connectivity index (χ0n) is 8.62. The Bertz CT molecular complexity index is 578. The highest BCUT2D eigenvalue weighted by Crippen LogP contribution is 2.13.